The molecule has 2 aliphatic heterocycles. The molecule has 0 radical (unpaired) electrons. The number of fused-ring (bicyclic) bond motifs is 3. The van der Waals surface area contributed by atoms with E-state index in [-0.39, 0.29) is 6.10 Å². The summed E-state index contributed by atoms with van der Waals surface area (Å²) in [6.45, 7) is 3.17. The highest BCUT2D eigenvalue weighted by molar-refractivity contribution is 5.79. The number of hydrogen-bond acceptors (Lipinski definition) is 6. The summed E-state index contributed by atoms with van der Waals surface area (Å²) in [7, 11) is 0. The maximum atomic E-state index is 5.84. The lowest BCUT2D eigenvalue weighted by atomic mass is 10.2. The normalized spacial score (nSPS) is 20.8. The Kier molecular flexibility index (Phi) is 3.15. The minimum atomic E-state index is 0.277. The second-order valence-electron chi connectivity index (χ2n) is 6.32. The van der Waals surface area contributed by atoms with Crippen molar-refractivity contribution in [2.75, 3.05) is 29.7 Å². The number of imidazole rings is 1. The van der Waals surface area contributed by atoms with E-state index in [1.165, 1.54) is 0 Å². The summed E-state index contributed by atoms with van der Waals surface area (Å²) in [4.78, 5) is 7.15. The molecule has 5 rings (SSSR count). The van der Waals surface area contributed by atoms with Gasteiger partial charge in [0.25, 0.3) is 0 Å². The van der Waals surface area contributed by atoms with Crippen LogP contribution in [0.2, 0.25) is 0 Å². The van der Waals surface area contributed by atoms with E-state index >= 15 is 0 Å². The quantitative estimate of drug-likeness (QED) is 0.720. The van der Waals surface area contributed by atoms with Crippen molar-refractivity contribution in [1.29, 1.82) is 0 Å². The van der Waals surface area contributed by atoms with Crippen LogP contribution in [0.3, 0.4) is 0 Å². The maximum Gasteiger partial charge on any atom is 0.209 e. The van der Waals surface area contributed by atoms with E-state index in [9.17, 15) is 0 Å². The van der Waals surface area contributed by atoms with Crippen molar-refractivity contribution in [1.82, 2.24) is 24.4 Å². The summed E-state index contributed by atoms with van der Waals surface area (Å²) in [5.74, 6) is 1.01. The Hall–Kier alpha value is -2.61. The average Bonchev–Trinajstić information content (AvgIpc) is 3.35. The van der Waals surface area contributed by atoms with Crippen LogP contribution in [0.15, 0.2) is 36.9 Å². The van der Waals surface area contributed by atoms with Gasteiger partial charge in [0.05, 0.1) is 17.1 Å². The Bertz CT molecular complexity index is 837. The second-order valence-corrected chi connectivity index (χ2v) is 6.32. The predicted molar refractivity (Wildman–Crippen MR) is 89.2 cm³/mol. The van der Waals surface area contributed by atoms with Crippen LogP contribution in [0, 0.1) is 0 Å². The molecule has 2 aromatic heterocycles. The van der Waals surface area contributed by atoms with Crippen molar-refractivity contribution >= 4 is 17.0 Å². The van der Waals surface area contributed by atoms with Crippen LogP contribution >= 0.6 is 0 Å². The monoisotopic (exact) mass is 325 g/mol. The first-order chi connectivity index (χ1) is 11.9. The van der Waals surface area contributed by atoms with Gasteiger partial charge in [-0.05, 0) is 25.0 Å². The van der Waals surface area contributed by atoms with Gasteiger partial charge in [-0.3, -0.25) is 9.58 Å². The molecule has 0 bridgehead atoms. The molecule has 0 spiro atoms. The molecule has 1 aromatic carbocycles. The maximum absolute atomic E-state index is 5.84. The molecular weight excluding hydrogens is 306 g/mol. The zero-order valence-corrected chi connectivity index (χ0v) is 13.3. The minimum absolute atomic E-state index is 0.277. The molecule has 0 N–H and O–H groups in total. The summed E-state index contributed by atoms with van der Waals surface area (Å²) < 4.78 is 10.0. The lowest BCUT2D eigenvalue weighted by Gasteiger charge is -2.38. The average molecular weight is 325 g/mol. The Morgan fingerprint density at radius 3 is 2.83 bits per heavy atom. The molecule has 8 heteroatoms. The highest BCUT2D eigenvalue weighted by Crippen LogP contribution is 2.27. The van der Waals surface area contributed by atoms with Crippen LogP contribution < -0.4 is 9.91 Å². The molecule has 3 aromatic rings. The van der Waals surface area contributed by atoms with Crippen LogP contribution in [0.4, 0.5) is 5.95 Å². The second kappa shape index (κ2) is 5.48. The van der Waals surface area contributed by atoms with Crippen molar-refractivity contribution in [3.05, 3.63) is 36.9 Å². The third-order valence-corrected chi connectivity index (χ3v) is 4.74. The van der Waals surface area contributed by atoms with Gasteiger partial charge in [0, 0.05) is 13.2 Å². The third kappa shape index (κ3) is 2.22. The van der Waals surface area contributed by atoms with Gasteiger partial charge in [0.1, 0.15) is 26.0 Å². The van der Waals surface area contributed by atoms with Crippen LogP contribution in [-0.2, 0) is 11.4 Å². The molecule has 8 nitrogen and oxygen atoms in total. The van der Waals surface area contributed by atoms with E-state index in [1.807, 2.05) is 10.7 Å². The van der Waals surface area contributed by atoms with E-state index < -0.39 is 0 Å². The largest absolute Gasteiger partial charge is 0.376 e. The lowest BCUT2D eigenvalue weighted by molar-refractivity contribution is 0.114. The first-order valence-corrected chi connectivity index (χ1v) is 8.30. The molecule has 24 heavy (non-hydrogen) atoms. The van der Waals surface area contributed by atoms with E-state index in [0.29, 0.717) is 0 Å². The molecule has 0 aliphatic carbocycles. The topological polar surface area (TPSA) is 64.2 Å². The summed E-state index contributed by atoms with van der Waals surface area (Å²) in [5, 5.41) is 10.1. The Labute approximate surface area is 139 Å². The van der Waals surface area contributed by atoms with Gasteiger partial charge in [0.2, 0.25) is 5.95 Å². The molecule has 4 heterocycles. The number of hydrogen-bond donors (Lipinski definition) is 0. The molecule has 0 amide bonds. The highest BCUT2D eigenvalue weighted by Gasteiger charge is 2.29. The zero-order valence-electron chi connectivity index (χ0n) is 13.3. The summed E-state index contributed by atoms with van der Waals surface area (Å²) in [6, 6.07) is 8.27. The number of anilines is 1. The Balaban J connectivity index is 1.55. The van der Waals surface area contributed by atoms with Crippen LogP contribution in [0.5, 0.6) is 0 Å². The van der Waals surface area contributed by atoms with Gasteiger partial charge in [-0.1, -0.05) is 12.1 Å². The third-order valence-electron chi connectivity index (χ3n) is 4.74. The van der Waals surface area contributed by atoms with Crippen LogP contribution in [0.1, 0.15) is 12.8 Å². The zero-order chi connectivity index (χ0) is 15.9. The number of aromatic nitrogens is 5. The molecular formula is C16H19N7O. The van der Waals surface area contributed by atoms with Crippen molar-refractivity contribution < 1.29 is 4.74 Å². The Morgan fingerprint density at radius 1 is 1.12 bits per heavy atom. The van der Waals surface area contributed by atoms with Crippen molar-refractivity contribution in [3.63, 3.8) is 0 Å². The van der Waals surface area contributed by atoms with Gasteiger partial charge < -0.3 is 9.64 Å². The summed E-state index contributed by atoms with van der Waals surface area (Å²) in [5.41, 5.74) is 2.16. The number of ether oxygens (including phenoxy) is 1. The van der Waals surface area contributed by atoms with E-state index in [4.69, 9.17) is 9.72 Å². The molecule has 2 aliphatic rings. The number of benzene rings is 1. The standard InChI is InChI=1S/C16H19N7O/c1-2-6-15-14(5-1)19-16-20(8-13-4-3-7-24-13)11-22(12-23(15)16)21-9-17-18-10-21/h1-2,5-6,9-10,13H,3-4,7-8,11-12H2/t13-/m0/s1. The van der Waals surface area contributed by atoms with Crippen LogP contribution in [0.25, 0.3) is 11.0 Å². The molecule has 1 fully saturated rings. The van der Waals surface area contributed by atoms with Crippen LogP contribution in [-0.4, -0.2) is 50.3 Å². The fourth-order valence-electron chi connectivity index (χ4n) is 3.57. The molecule has 0 unspecified atom stereocenters. The summed E-state index contributed by atoms with van der Waals surface area (Å²) >= 11 is 0. The van der Waals surface area contributed by atoms with E-state index in [0.717, 1.165) is 56.3 Å². The van der Waals surface area contributed by atoms with Crippen molar-refractivity contribution in [2.45, 2.75) is 25.6 Å². The molecule has 0 saturated carbocycles. The molecule has 1 saturated heterocycles. The van der Waals surface area contributed by atoms with Gasteiger partial charge in [0.15, 0.2) is 0 Å². The van der Waals surface area contributed by atoms with E-state index in [2.05, 4.69) is 42.9 Å². The number of para-hydroxylation sites is 2. The predicted octanol–water partition coefficient (Wildman–Crippen LogP) is 1.18. The fourth-order valence-corrected chi connectivity index (χ4v) is 3.57. The number of rotatable bonds is 3. The first-order valence-electron chi connectivity index (χ1n) is 8.30. The Morgan fingerprint density at radius 2 is 2.00 bits per heavy atom. The number of nitrogens with zero attached hydrogens (tertiary/aromatic N) is 7. The van der Waals surface area contributed by atoms with Gasteiger partial charge in [-0.2, -0.15) is 0 Å². The van der Waals surface area contributed by atoms with Gasteiger partial charge in [-0.15, -0.1) is 10.2 Å². The summed E-state index contributed by atoms with van der Waals surface area (Å²) in [6.07, 6.45) is 6.00. The SMILES string of the molecule is c1ccc2c(c1)nc1n2CN(n2cnnc2)CN1C[C@@H]1CCCO1. The fraction of sp³-hybridized carbons (Fsp3) is 0.438. The minimum Gasteiger partial charge on any atom is -0.376 e. The lowest BCUT2D eigenvalue weighted by Crippen LogP contribution is -2.51. The molecule has 124 valence electrons. The highest BCUT2D eigenvalue weighted by atomic mass is 16.5. The van der Waals surface area contributed by atoms with Crippen molar-refractivity contribution in [2.24, 2.45) is 0 Å². The smallest absolute Gasteiger partial charge is 0.209 e. The van der Waals surface area contributed by atoms with Gasteiger partial charge in [-0.25, -0.2) is 9.66 Å². The van der Waals surface area contributed by atoms with E-state index in [1.54, 1.807) is 12.7 Å². The first kappa shape index (κ1) is 13.8. The van der Waals surface area contributed by atoms with Gasteiger partial charge >= 0.3 is 0 Å². The molecule has 1 atom stereocenters. The van der Waals surface area contributed by atoms with Crippen molar-refractivity contribution in [3.8, 4) is 0 Å².